The molecule has 1 aromatic heterocycles. The Morgan fingerprint density at radius 2 is 1.66 bits per heavy atom. The largest absolute Gasteiger partial charge is 0.496 e. The van der Waals surface area contributed by atoms with E-state index in [1.165, 1.54) is 6.07 Å². The molecule has 0 amide bonds. The molecule has 0 spiro atoms. The summed E-state index contributed by atoms with van der Waals surface area (Å²) >= 11 is 6.61. The van der Waals surface area contributed by atoms with Crippen molar-refractivity contribution in [2.24, 2.45) is 0 Å². The number of halogens is 1. The van der Waals surface area contributed by atoms with Gasteiger partial charge in [-0.2, -0.15) is 4.98 Å². The lowest BCUT2D eigenvalue weighted by molar-refractivity contribution is 0.0695. The summed E-state index contributed by atoms with van der Waals surface area (Å²) in [6.45, 7) is 1.74. The standard InChI is InChI=1S/C28H21ClN2O4/c1-16-7-12-19(13-21(16)27(32)33)35-28-30-24-14-22(23(29)15-25(24)31-28)18-10-8-17(9-11-18)20-5-3-4-6-26(20)34-2/h3-15H,1-2H3,(H,30,31)(H,32,33). The summed E-state index contributed by atoms with van der Waals surface area (Å²) in [5.74, 6) is 0.184. The molecule has 4 aromatic carbocycles. The summed E-state index contributed by atoms with van der Waals surface area (Å²) in [5, 5.41) is 9.92. The van der Waals surface area contributed by atoms with E-state index >= 15 is 0 Å². The number of hydrogen-bond donors (Lipinski definition) is 2. The minimum atomic E-state index is -1.01. The Labute approximate surface area is 206 Å². The van der Waals surface area contributed by atoms with Crippen molar-refractivity contribution in [1.82, 2.24) is 9.97 Å². The smallest absolute Gasteiger partial charge is 0.336 e. The summed E-state index contributed by atoms with van der Waals surface area (Å²) in [6.07, 6.45) is 0. The molecule has 0 fully saturated rings. The zero-order valence-corrected chi connectivity index (χ0v) is 19.8. The molecule has 1 heterocycles. The minimum Gasteiger partial charge on any atom is -0.496 e. The maximum atomic E-state index is 11.4. The second-order valence-corrected chi connectivity index (χ2v) is 8.46. The number of imidazole rings is 1. The quantitative estimate of drug-likeness (QED) is 0.263. The van der Waals surface area contributed by atoms with Crippen LogP contribution in [0.4, 0.5) is 0 Å². The molecule has 6 nitrogen and oxygen atoms in total. The van der Waals surface area contributed by atoms with Crippen molar-refractivity contribution >= 4 is 28.6 Å². The van der Waals surface area contributed by atoms with E-state index < -0.39 is 5.97 Å². The number of nitrogens with one attached hydrogen (secondary N) is 1. The van der Waals surface area contributed by atoms with Gasteiger partial charge in [-0.05, 0) is 53.9 Å². The van der Waals surface area contributed by atoms with Crippen molar-refractivity contribution in [3.63, 3.8) is 0 Å². The van der Waals surface area contributed by atoms with Gasteiger partial charge in [0.25, 0.3) is 6.01 Å². The number of aryl methyl sites for hydroxylation is 1. The molecule has 5 rings (SSSR count). The average molecular weight is 485 g/mol. The third kappa shape index (κ3) is 4.44. The molecule has 2 N–H and O–H groups in total. The maximum Gasteiger partial charge on any atom is 0.336 e. The molecule has 35 heavy (non-hydrogen) atoms. The van der Waals surface area contributed by atoms with Crippen LogP contribution in [0.2, 0.25) is 5.02 Å². The Morgan fingerprint density at radius 1 is 0.943 bits per heavy atom. The Balaban J connectivity index is 1.45. The first-order valence-corrected chi connectivity index (χ1v) is 11.3. The third-order valence-electron chi connectivity index (χ3n) is 5.82. The first kappa shape index (κ1) is 22.5. The van der Waals surface area contributed by atoms with Crippen LogP contribution in [0.3, 0.4) is 0 Å². The number of nitrogens with zero attached hydrogens (tertiary/aromatic N) is 1. The van der Waals surface area contributed by atoms with Gasteiger partial charge in [0.2, 0.25) is 0 Å². The van der Waals surface area contributed by atoms with Crippen LogP contribution in [0.25, 0.3) is 33.3 Å². The van der Waals surface area contributed by atoms with Gasteiger partial charge in [-0.1, -0.05) is 60.1 Å². The number of carbonyl (C=O) groups is 1. The molecule has 174 valence electrons. The number of ether oxygens (including phenoxy) is 2. The molecule has 7 heteroatoms. The average Bonchev–Trinajstić information content (AvgIpc) is 3.25. The van der Waals surface area contributed by atoms with Gasteiger partial charge in [-0.15, -0.1) is 0 Å². The number of hydrogen-bond acceptors (Lipinski definition) is 4. The fourth-order valence-electron chi connectivity index (χ4n) is 4.00. The Hall–Kier alpha value is -4.29. The van der Waals surface area contributed by atoms with Gasteiger partial charge in [0.1, 0.15) is 11.5 Å². The van der Waals surface area contributed by atoms with Gasteiger partial charge >= 0.3 is 5.97 Å². The van der Waals surface area contributed by atoms with Gasteiger partial charge < -0.3 is 19.6 Å². The van der Waals surface area contributed by atoms with E-state index in [0.717, 1.165) is 28.0 Å². The van der Waals surface area contributed by atoms with E-state index in [2.05, 4.69) is 9.97 Å². The number of fused-ring (bicyclic) bond motifs is 1. The molecular weight excluding hydrogens is 464 g/mol. The Morgan fingerprint density at radius 3 is 2.37 bits per heavy atom. The zero-order chi connectivity index (χ0) is 24.5. The highest BCUT2D eigenvalue weighted by Gasteiger charge is 2.14. The number of para-hydroxylation sites is 1. The summed E-state index contributed by atoms with van der Waals surface area (Å²) in [4.78, 5) is 19.0. The fraction of sp³-hybridized carbons (Fsp3) is 0.0714. The van der Waals surface area contributed by atoms with Gasteiger partial charge in [0.05, 0.1) is 28.7 Å². The molecule has 0 bridgehead atoms. The summed E-state index contributed by atoms with van der Waals surface area (Å²) in [6, 6.07) is 24.8. The van der Waals surface area contributed by atoms with Gasteiger partial charge in [0.15, 0.2) is 0 Å². The zero-order valence-electron chi connectivity index (χ0n) is 19.0. The Kier molecular flexibility index (Phi) is 5.89. The third-order valence-corrected chi connectivity index (χ3v) is 6.13. The van der Waals surface area contributed by atoms with Crippen molar-refractivity contribution < 1.29 is 19.4 Å². The topological polar surface area (TPSA) is 84.4 Å². The second kappa shape index (κ2) is 9.16. The van der Waals surface area contributed by atoms with Crippen LogP contribution in [-0.2, 0) is 0 Å². The van der Waals surface area contributed by atoms with Crippen molar-refractivity contribution in [1.29, 1.82) is 0 Å². The number of benzene rings is 4. The van der Waals surface area contributed by atoms with Crippen LogP contribution in [0.1, 0.15) is 15.9 Å². The van der Waals surface area contributed by atoms with Crippen LogP contribution in [0.5, 0.6) is 17.5 Å². The SMILES string of the molecule is COc1ccccc1-c1ccc(-c2cc3nc(Oc4ccc(C)c(C(=O)O)c4)[nH]c3cc2Cl)cc1. The van der Waals surface area contributed by atoms with Gasteiger partial charge in [-0.3, -0.25) is 0 Å². The van der Waals surface area contributed by atoms with Crippen LogP contribution < -0.4 is 9.47 Å². The van der Waals surface area contributed by atoms with E-state index in [-0.39, 0.29) is 11.6 Å². The van der Waals surface area contributed by atoms with Crippen LogP contribution in [-0.4, -0.2) is 28.2 Å². The molecule has 0 radical (unpaired) electrons. The predicted molar refractivity (Wildman–Crippen MR) is 137 cm³/mol. The number of carboxylic acids is 1. The highest BCUT2D eigenvalue weighted by molar-refractivity contribution is 6.34. The van der Waals surface area contributed by atoms with E-state index in [1.807, 2.05) is 54.6 Å². The molecule has 0 aliphatic rings. The van der Waals surface area contributed by atoms with Crippen molar-refractivity contribution in [3.8, 4) is 39.8 Å². The lowest BCUT2D eigenvalue weighted by Gasteiger charge is -2.10. The molecule has 0 aliphatic heterocycles. The summed E-state index contributed by atoms with van der Waals surface area (Å²) in [7, 11) is 1.66. The highest BCUT2D eigenvalue weighted by Crippen LogP contribution is 2.35. The highest BCUT2D eigenvalue weighted by atomic mass is 35.5. The first-order chi connectivity index (χ1) is 16.9. The van der Waals surface area contributed by atoms with E-state index in [0.29, 0.717) is 27.4 Å². The van der Waals surface area contributed by atoms with Gasteiger partial charge in [0, 0.05) is 11.1 Å². The molecule has 0 saturated carbocycles. The molecule has 0 aliphatic carbocycles. The monoisotopic (exact) mass is 484 g/mol. The normalized spacial score (nSPS) is 10.9. The van der Waals surface area contributed by atoms with Crippen molar-refractivity contribution in [2.45, 2.75) is 6.92 Å². The number of rotatable bonds is 6. The second-order valence-electron chi connectivity index (χ2n) is 8.05. The van der Waals surface area contributed by atoms with Crippen LogP contribution in [0, 0.1) is 6.92 Å². The number of aromatic carboxylic acids is 1. The van der Waals surface area contributed by atoms with Crippen molar-refractivity contribution in [2.75, 3.05) is 7.11 Å². The fourth-order valence-corrected chi connectivity index (χ4v) is 4.27. The molecular formula is C28H21ClN2O4. The minimum absolute atomic E-state index is 0.181. The molecule has 0 saturated heterocycles. The maximum absolute atomic E-state index is 11.4. The van der Waals surface area contributed by atoms with Crippen LogP contribution >= 0.6 is 11.6 Å². The summed E-state index contributed by atoms with van der Waals surface area (Å²) < 4.78 is 11.3. The number of aromatic amines is 1. The van der Waals surface area contributed by atoms with E-state index in [4.69, 9.17) is 21.1 Å². The molecule has 0 atom stereocenters. The first-order valence-electron chi connectivity index (χ1n) is 10.9. The van der Waals surface area contributed by atoms with E-state index in [9.17, 15) is 9.90 Å². The number of H-pyrrole nitrogens is 1. The van der Waals surface area contributed by atoms with Crippen LogP contribution in [0.15, 0.2) is 78.9 Å². The summed E-state index contributed by atoms with van der Waals surface area (Å²) in [5.41, 5.74) is 6.07. The molecule has 5 aromatic rings. The number of carboxylic acid groups (broad SMARTS) is 1. The number of methoxy groups -OCH3 is 1. The van der Waals surface area contributed by atoms with E-state index in [1.54, 1.807) is 32.2 Å². The lowest BCUT2D eigenvalue weighted by atomic mass is 9.99. The van der Waals surface area contributed by atoms with Gasteiger partial charge in [-0.25, -0.2) is 4.79 Å². The Bertz CT molecular complexity index is 1560. The predicted octanol–water partition coefficient (Wildman–Crippen LogP) is 7.36. The molecule has 0 unspecified atom stereocenters. The van der Waals surface area contributed by atoms with Crippen molar-refractivity contribution in [3.05, 3.63) is 95.0 Å². The lowest BCUT2D eigenvalue weighted by Crippen LogP contribution is -2.00. The number of aromatic nitrogens is 2.